The summed E-state index contributed by atoms with van der Waals surface area (Å²) < 4.78 is 92.8. The van der Waals surface area contributed by atoms with E-state index >= 15 is 0 Å². The van der Waals surface area contributed by atoms with E-state index in [1.165, 1.54) is 20.3 Å². The Labute approximate surface area is 803 Å². The molecule has 0 saturated carbocycles. The summed E-state index contributed by atoms with van der Waals surface area (Å²) in [5, 5.41) is 140. The van der Waals surface area contributed by atoms with Crippen LogP contribution in [-0.4, -0.2) is 422 Å². The van der Waals surface area contributed by atoms with Gasteiger partial charge in [0.25, 0.3) is 0 Å². The van der Waals surface area contributed by atoms with Gasteiger partial charge in [0.05, 0.1) is 268 Å². The molecule has 8 aliphatic heterocycles. The SMILES string of the molecule is C#CC(C#N)N1CN(C(C#N)C#N)CN(C(C#N)C#N)C1.C#CCCN1CN(CCC#N)CN(CCC#N)C1.C#CCN1CC(F)N(CC#N)CC1C(F)(F)F.C#CCN1CCN(CC#N)C(C)C1C.C#CCN1CCN(CC#N)C(OCC(F)(F)F)C1.C#CCN1CCN(CC#N)CC1c1ccccc1.C#CCN1CN(CC#N)CN(CC#N)C1.CC1N(CC#N)CN(CC#N)CN1CC#N. The molecule has 1 aromatic carbocycles. The van der Waals surface area contributed by atoms with Crippen LogP contribution in [0.5, 0.6) is 0 Å². The highest BCUT2D eigenvalue weighted by molar-refractivity contribution is 5.21. The molecule has 722 valence electrons. The Hall–Kier alpha value is -13.3. The van der Waals surface area contributed by atoms with Crippen molar-refractivity contribution in [1.82, 2.24) is 98.0 Å². The monoisotopic (exact) mass is 1880 g/mol. The summed E-state index contributed by atoms with van der Waals surface area (Å²) in [4.78, 5) is 37.0. The lowest BCUT2D eigenvalue weighted by Crippen LogP contribution is -2.61. The molecule has 8 heterocycles. The number of piperazine rings is 4. The van der Waals surface area contributed by atoms with Gasteiger partial charge >= 0.3 is 12.4 Å². The first-order valence-corrected chi connectivity index (χ1v) is 43.1. The van der Waals surface area contributed by atoms with Crippen molar-refractivity contribution in [2.24, 2.45) is 0 Å². The number of rotatable bonds is 26. The number of alkyl halides is 7. The van der Waals surface area contributed by atoms with Gasteiger partial charge in [0.15, 0.2) is 24.4 Å². The van der Waals surface area contributed by atoms with Crippen LogP contribution in [-0.2, 0) is 4.74 Å². The van der Waals surface area contributed by atoms with E-state index in [2.05, 4.69) is 156 Å². The molecule has 8 aliphatic rings. The summed E-state index contributed by atoms with van der Waals surface area (Å²) in [5.74, 6) is 17.4. The summed E-state index contributed by atoms with van der Waals surface area (Å²) in [6.45, 7) is 22.9. The zero-order chi connectivity index (χ0) is 102. The lowest BCUT2D eigenvalue weighted by atomic mass is 10.0. The predicted molar refractivity (Wildman–Crippen MR) is 487 cm³/mol. The number of benzene rings is 1. The molecular formula is C93H115F7N36O. The molecule has 7 unspecified atom stereocenters. The number of nitriles is 16. The Bertz CT molecular complexity index is 4550. The smallest absolute Gasteiger partial charge is 0.352 e. The first-order chi connectivity index (χ1) is 65.9. The Kier molecular flexibility index (Phi) is 60.0. The predicted octanol–water partition coefficient (Wildman–Crippen LogP) is 2.65. The van der Waals surface area contributed by atoms with E-state index < -0.39 is 68.7 Å². The van der Waals surface area contributed by atoms with Gasteiger partial charge in [-0.15, -0.1) is 50.9 Å². The number of ether oxygens (including phenoxy) is 1. The number of hydrogen-bond donors (Lipinski definition) is 0. The summed E-state index contributed by atoms with van der Waals surface area (Å²) in [6, 6.07) is 38.8. The molecular weight excluding hydrogens is 1770 g/mol. The largest absolute Gasteiger partial charge is 0.411 e. The molecule has 0 radical (unpaired) electrons. The van der Waals surface area contributed by atoms with Gasteiger partial charge in [-0.3, -0.25) is 88.2 Å². The van der Waals surface area contributed by atoms with Crippen molar-refractivity contribution < 1.29 is 35.5 Å². The third-order valence-electron chi connectivity index (χ3n) is 22.1. The van der Waals surface area contributed by atoms with E-state index in [1.54, 1.807) is 11.0 Å². The maximum Gasteiger partial charge on any atom is 0.411 e. The van der Waals surface area contributed by atoms with E-state index in [-0.39, 0.29) is 52.4 Å². The molecule has 1 aromatic rings. The first kappa shape index (κ1) is 120. The van der Waals surface area contributed by atoms with Gasteiger partial charge in [-0.05, 0) is 26.3 Å². The van der Waals surface area contributed by atoms with Crippen molar-refractivity contribution in [2.45, 2.75) is 113 Å². The van der Waals surface area contributed by atoms with Gasteiger partial charge in [-0.2, -0.15) is 111 Å². The van der Waals surface area contributed by atoms with Gasteiger partial charge in [-0.1, -0.05) is 65.9 Å². The van der Waals surface area contributed by atoms with E-state index in [9.17, 15) is 30.7 Å². The minimum Gasteiger partial charge on any atom is -0.352 e. The van der Waals surface area contributed by atoms with Crippen LogP contribution >= 0.6 is 0 Å². The molecule has 0 N–H and O–H groups in total. The zero-order valence-electron chi connectivity index (χ0n) is 77.6. The minimum absolute atomic E-state index is 0.0480. The fraction of sp³-hybridized carbons (Fsp3) is 0.613. The Morgan fingerprint density at radius 1 is 0.336 bits per heavy atom. The molecule has 0 amide bonds. The highest BCUT2D eigenvalue weighted by Crippen LogP contribution is 2.31. The third-order valence-corrected chi connectivity index (χ3v) is 22.1. The maximum absolute atomic E-state index is 13.5. The van der Waals surface area contributed by atoms with Crippen LogP contribution in [0.15, 0.2) is 30.3 Å². The third kappa shape index (κ3) is 44.8. The average Bonchev–Trinajstić information content (AvgIpc) is 0.809. The van der Waals surface area contributed by atoms with Crippen LogP contribution in [0, 0.1) is 268 Å². The second-order valence-corrected chi connectivity index (χ2v) is 31.7. The zero-order valence-corrected chi connectivity index (χ0v) is 77.6. The summed E-state index contributed by atoms with van der Waals surface area (Å²) in [6.07, 6.45) is 27.3. The molecule has 9 rings (SSSR count). The lowest BCUT2D eigenvalue weighted by Gasteiger charge is -2.44. The highest BCUT2D eigenvalue weighted by atomic mass is 19.4. The maximum atomic E-state index is 13.5. The van der Waals surface area contributed by atoms with Gasteiger partial charge in [0, 0.05) is 122 Å². The van der Waals surface area contributed by atoms with Gasteiger partial charge in [0.2, 0.25) is 0 Å². The molecule has 8 fully saturated rings. The van der Waals surface area contributed by atoms with Crippen molar-refractivity contribution in [2.75, 3.05) is 257 Å². The lowest BCUT2D eigenvalue weighted by molar-refractivity contribution is -0.209. The van der Waals surface area contributed by atoms with Gasteiger partial charge in [0.1, 0.15) is 18.9 Å². The molecule has 0 bridgehead atoms. The molecule has 44 heteroatoms. The number of terminal acetylenes is 7. The Balaban J connectivity index is 0.000000531. The summed E-state index contributed by atoms with van der Waals surface area (Å²) in [7, 11) is 0. The first-order valence-electron chi connectivity index (χ1n) is 43.1. The average molecular weight is 1890 g/mol. The second-order valence-electron chi connectivity index (χ2n) is 31.7. The molecule has 7 atom stereocenters. The van der Waals surface area contributed by atoms with Crippen molar-refractivity contribution in [3.8, 4) is 184 Å². The molecule has 137 heavy (non-hydrogen) atoms. The van der Waals surface area contributed by atoms with Crippen molar-refractivity contribution in [3.63, 3.8) is 0 Å². The van der Waals surface area contributed by atoms with Crippen LogP contribution in [0.2, 0.25) is 0 Å². The Morgan fingerprint density at radius 3 is 1.09 bits per heavy atom. The quantitative estimate of drug-likeness (QED) is 0.0557. The second kappa shape index (κ2) is 68.6. The summed E-state index contributed by atoms with van der Waals surface area (Å²) >= 11 is 0. The molecule has 0 aliphatic carbocycles. The minimum atomic E-state index is -4.48. The van der Waals surface area contributed by atoms with Gasteiger partial charge in [-0.25, -0.2) is 14.2 Å². The van der Waals surface area contributed by atoms with Crippen molar-refractivity contribution in [3.05, 3.63) is 35.9 Å². The fourth-order valence-corrected chi connectivity index (χ4v) is 15.2. The molecule has 37 nitrogen and oxygen atoms in total. The van der Waals surface area contributed by atoms with E-state index in [1.807, 2.05) is 95.8 Å². The standard InChI is InChI=1S/C15H17N3.C13H10N8.C13H19N5.C11H14F3N3O.C11H17N3.C10H11F4N3.C10H14N6.C10H13N5/c1-2-9-18-12-11-17(10-8-16)13-15(18)14-6-4-3-5-7-14;1-2-11(3-14)19-8-20(12(4-15)5-16)10-21(9-19)13(6-17)7-18;1-2-3-8-16-11-17(9-4-6-14)13-18(12-16)10-5-7-15;1-2-4-16-6-7-17(5-3-15)10(8-16)18-9-11(12,13)14;1-4-6-13-8-9-14(7-5-12)11(3)10(13)2;1-2-4-16-7-9(11)17(5-3-15)6-8(16)10(12,13)14;1-10-15(6-3-12)8-14(5-2-11)9-16(10)7-4-13;1-2-5-13-8-14(6-3-11)10-15(9-13)7-4-12/h1,3-7,15H,9-13H2;1,11-13H,8-10H2;1H,3-5,8-13H2;1,10H,4-9H2;1,10-11H,6-9H2,2-3H3;1,8-9H,4-7H2;10H,5-9H2,1H3;1H,5-10H2. The van der Waals surface area contributed by atoms with Crippen LogP contribution in [0.3, 0.4) is 0 Å². The molecule has 0 spiro atoms. The van der Waals surface area contributed by atoms with Crippen molar-refractivity contribution in [1.29, 1.82) is 84.2 Å². The van der Waals surface area contributed by atoms with Crippen LogP contribution in [0.25, 0.3) is 0 Å². The Morgan fingerprint density at radius 2 is 0.686 bits per heavy atom. The van der Waals surface area contributed by atoms with Crippen LogP contribution in [0.1, 0.15) is 51.6 Å². The number of nitrogens with zero attached hydrogens (tertiary/aromatic N) is 36. The van der Waals surface area contributed by atoms with E-state index in [0.717, 1.165) is 88.6 Å². The van der Waals surface area contributed by atoms with Gasteiger partial charge < -0.3 is 4.74 Å². The van der Waals surface area contributed by atoms with Crippen LogP contribution < -0.4 is 0 Å². The number of halogens is 7. The normalized spacial score (nSPS) is 21.6. The molecule has 8 saturated heterocycles. The molecule has 0 aromatic heterocycles. The number of hydrogen-bond acceptors (Lipinski definition) is 37. The highest BCUT2D eigenvalue weighted by Gasteiger charge is 2.49. The fourth-order valence-electron chi connectivity index (χ4n) is 15.2. The van der Waals surface area contributed by atoms with E-state index in [4.69, 9.17) is 134 Å². The van der Waals surface area contributed by atoms with Crippen LogP contribution in [0.4, 0.5) is 30.7 Å². The van der Waals surface area contributed by atoms with E-state index in [0.29, 0.717) is 149 Å². The van der Waals surface area contributed by atoms with Crippen molar-refractivity contribution >= 4 is 0 Å². The topological polar surface area (TPSA) is 455 Å². The summed E-state index contributed by atoms with van der Waals surface area (Å²) in [5.41, 5.74) is 1.27.